The average molecular weight is 364 g/mol. The molecule has 2 heterocycles. The Morgan fingerprint density at radius 2 is 1.76 bits per heavy atom. The predicted octanol–water partition coefficient (Wildman–Crippen LogP) is 2.29. The number of aliphatic hydroxyl groups is 1. The number of carbonyl (C=O) groups is 1. The fourth-order valence-electron chi connectivity index (χ4n) is 4.46. The highest BCUT2D eigenvalue weighted by molar-refractivity contribution is 5.78. The molecule has 8 heteroatoms. The molecule has 1 aliphatic carbocycles. The van der Waals surface area contributed by atoms with Crippen LogP contribution in [0.4, 0.5) is 13.2 Å². The molecule has 4 unspecified atom stereocenters. The summed E-state index contributed by atoms with van der Waals surface area (Å²) >= 11 is 0. The highest BCUT2D eigenvalue weighted by Gasteiger charge is 2.85. The van der Waals surface area contributed by atoms with Gasteiger partial charge in [0.25, 0.3) is 0 Å². The lowest BCUT2D eigenvalue weighted by Gasteiger charge is -2.41. The molecular weight excluding hydrogens is 337 g/mol. The van der Waals surface area contributed by atoms with Crippen molar-refractivity contribution in [3.8, 4) is 0 Å². The van der Waals surface area contributed by atoms with Crippen molar-refractivity contribution in [3.05, 3.63) is 0 Å². The highest BCUT2D eigenvalue weighted by Crippen LogP contribution is 2.57. The second-order valence-electron chi connectivity index (χ2n) is 8.42. The van der Waals surface area contributed by atoms with Gasteiger partial charge in [-0.15, -0.1) is 0 Å². The van der Waals surface area contributed by atoms with E-state index < -0.39 is 41.3 Å². The van der Waals surface area contributed by atoms with Crippen LogP contribution in [-0.2, 0) is 9.53 Å². The molecule has 2 saturated heterocycles. The highest BCUT2D eigenvalue weighted by atomic mass is 19.4. The molecule has 0 aromatic heterocycles. The van der Waals surface area contributed by atoms with E-state index in [1.165, 1.54) is 0 Å². The van der Waals surface area contributed by atoms with Crippen molar-refractivity contribution in [1.29, 1.82) is 0 Å². The number of ether oxygens (including phenoxy) is 1. The van der Waals surface area contributed by atoms with Crippen LogP contribution in [0.25, 0.3) is 0 Å². The van der Waals surface area contributed by atoms with Crippen molar-refractivity contribution in [3.63, 3.8) is 0 Å². The molecule has 144 valence electrons. The van der Waals surface area contributed by atoms with Crippen LogP contribution in [0, 0.1) is 17.8 Å². The van der Waals surface area contributed by atoms with Gasteiger partial charge in [0.2, 0.25) is 0 Å². The van der Waals surface area contributed by atoms with E-state index in [9.17, 15) is 23.1 Å². The first-order valence-corrected chi connectivity index (χ1v) is 8.94. The van der Waals surface area contributed by atoms with Crippen LogP contribution in [0.15, 0.2) is 0 Å². The van der Waals surface area contributed by atoms with E-state index in [1.807, 2.05) is 20.8 Å². The summed E-state index contributed by atoms with van der Waals surface area (Å²) in [5.41, 5.74) is -3.63. The summed E-state index contributed by atoms with van der Waals surface area (Å²) in [6.45, 7) is 6.51. The van der Waals surface area contributed by atoms with Crippen LogP contribution in [0.1, 0.15) is 53.4 Å². The van der Waals surface area contributed by atoms with E-state index in [1.54, 1.807) is 0 Å². The number of nitrogens with one attached hydrogen (secondary N) is 2. The van der Waals surface area contributed by atoms with Gasteiger partial charge in [0.1, 0.15) is 17.4 Å². The minimum Gasteiger partial charge on any atom is -0.462 e. The Labute approximate surface area is 145 Å². The van der Waals surface area contributed by atoms with Gasteiger partial charge in [-0.05, 0) is 39.0 Å². The van der Waals surface area contributed by atoms with Crippen molar-refractivity contribution in [2.45, 2.75) is 82.6 Å². The summed E-state index contributed by atoms with van der Waals surface area (Å²) in [6.07, 6.45) is -3.86. The molecule has 1 saturated carbocycles. The van der Waals surface area contributed by atoms with E-state index in [4.69, 9.17) is 4.74 Å². The van der Waals surface area contributed by atoms with E-state index in [-0.39, 0.29) is 18.0 Å². The Balaban J connectivity index is 1.74. The van der Waals surface area contributed by atoms with Gasteiger partial charge in [0.05, 0.1) is 5.92 Å². The van der Waals surface area contributed by atoms with Gasteiger partial charge in [-0.2, -0.15) is 13.2 Å². The van der Waals surface area contributed by atoms with Gasteiger partial charge in [-0.1, -0.05) is 20.3 Å². The van der Waals surface area contributed by atoms with Gasteiger partial charge >= 0.3 is 12.1 Å². The van der Waals surface area contributed by atoms with Crippen molar-refractivity contribution in [1.82, 2.24) is 10.6 Å². The summed E-state index contributed by atoms with van der Waals surface area (Å²) in [7, 11) is 0. The lowest BCUT2D eigenvalue weighted by Crippen LogP contribution is -2.55. The van der Waals surface area contributed by atoms with Crippen LogP contribution in [-0.4, -0.2) is 40.3 Å². The molecular formula is C17H27F3N2O3. The van der Waals surface area contributed by atoms with Gasteiger partial charge < -0.3 is 9.84 Å². The molecule has 0 aromatic carbocycles. The molecule has 25 heavy (non-hydrogen) atoms. The predicted molar refractivity (Wildman–Crippen MR) is 84.3 cm³/mol. The Kier molecular flexibility index (Phi) is 4.21. The summed E-state index contributed by atoms with van der Waals surface area (Å²) in [5.74, 6) is -2.13. The molecule has 3 N–H and O–H groups in total. The lowest BCUT2D eigenvalue weighted by atomic mass is 9.75. The second kappa shape index (κ2) is 5.57. The maximum absolute atomic E-state index is 13.3. The van der Waals surface area contributed by atoms with Crippen molar-refractivity contribution in [2.24, 2.45) is 17.8 Å². The molecule has 2 aliphatic heterocycles. The fraction of sp³-hybridized carbons (Fsp3) is 0.941. The first-order chi connectivity index (χ1) is 11.4. The molecule has 5 nitrogen and oxygen atoms in total. The fourth-order valence-corrected chi connectivity index (χ4v) is 4.46. The van der Waals surface area contributed by atoms with E-state index >= 15 is 0 Å². The minimum absolute atomic E-state index is 0.0259. The summed E-state index contributed by atoms with van der Waals surface area (Å²) in [6, 6.07) is 0. The molecule has 0 radical (unpaired) electrons. The molecule has 0 aromatic rings. The third-order valence-corrected chi connectivity index (χ3v) is 6.21. The molecule has 0 bridgehead atoms. The average Bonchev–Trinajstić information content (AvgIpc) is 3.21. The first kappa shape index (κ1) is 18.9. The largest absolute Gasteiger partial charge is 0.462 e. The van der Waals surface area contributed by atoms with Crippen molar-refractivity contribution >= 4 is 5.97 Å². The lowest BCUT2D eigenvalue weighted by molar-refractivity contribution is -0.286. The van der Waals surface area contributed by atoms with Crippen LogP contribution >= 0.6 is 0 Å². The standard InChI is InChI=1S/C17H27F3N2O3/c1-9(2)12(16-15(4,21-16)22-16)13(23)25-11-8-6-5-7-10(11)14(3,24)17(18,19)20/h9-12,21-22,24H,5-8H2,1-4H3. The zero-order valence-electron chi connectivity index (χ0n) is 15.0. The number of carbonyl (C=O) groups excluding carboxylic acids is 1. The van der Waals surface area contributed by atoms with E-state index in [0.29, 0.717) is 19.3 Å². The topological polar surface area (TPSA) is 90.4 Å². The van der Waals surface area contributed by atoms with E-state index in [2.05, 4.69) is 10.6 Å². The number of rotatable bonds is 5. The number of fused-ring (bicyclic) bond motifs is 1. The van der Waals surface area contributed by atoms with E-state index in [0.717, 1.165) is 6.92 Å². The third kappa shape index (κ3) is 2.86. The number of halogens is 3. The zero-order valence-corrected chi connectivity index (χ0v) is 15.0. The van der Waals surface area contributed by atoms with Crippen LogP contribution in [0.2, 0.25) is 0 Å². The third-order valence-electron chi connectivity index (χ3n) is 6.21. The molecule has 3 rings (SSSR count). The van der Waals surface area contributed by atoms with Crippen molar-refractivity contribution < 1.29 is 27.8 Å². The molecule has 0 amide bonds. The molecule has 0 spiro atoms. The quantitative estimate of drug-likeness (QED) is 0.514. The van der Waals surface area contributed by atoms with Gasteiger partial charge in [-0.25, -0.2) is 0 Å². The second-order valence-corrected chi connectivity index (χ2v) is 8.42. The smallest absolute Gasteiger partial charge is 0.417 e. The maximum Gasteiger partial charge on any atom is 0.417 e. The van der Waals surface area contributed by atoms with Crippen LogP contribution in [0.5, 0.6) is 0 Å². The number of hydrogen-bond donors (Lipinski definition) is 3. The Bertz CT molecular complexity index is 556. The molecule has 4 atom stereocenters. The normalized spacial score (nSPS) is 40.8. The summed E-state index contributed by atoms with van der Waals surface area (Å²) in [4.78, 5) is 12.8. The minimum atomic E-state index is -4.76. The van der Waals surface area contributed by atoms with Crippen LogP contribution < -0.4 is 10.6 Å². The SMILES string of the molecule is CC(C)C(C(=O)OC1CCCCC1C(C)(O)C(F)(F)F)C12NC1(C)N2. The maximum atomic E-state index is 13.3. The number of hydrogen-bond acceptors (Lipinski definition) is 5. The van der Waals surface area contributed by atoms with Gasteiger partial charge in [-0.3, -0.25) is 15.4 Å². The van der Waals surface area contributed by atoms with Crippen LogP contribution in [0.3, 0.4) is 0 Å². The van der Waals surface area contributed by atoms with Crippen molar-refractivity contribution in [2.75, 3.05) is 0 Å². The molecule has 3 aliphatic rings. The summed E-state index contributed by atoms with van der Waals surface area (Å²) < 4.78 is 45.4. The monoisotopic (exact) mass is 364 g/mol. The number of alkyl halides is 3. The Morgan fingerprint density at radius 3 is 2.20 bits per heavy atom. The Hall–Kier alpha value is -0.860. The first-order valence-electron chi connectivity index (χ1n) is 8.94. The summed E-state index contributed by atoms with van der Waals surface area (Å²) in [5, 5.41) is 16.5. The van der Waals surface area contributed by atoms with Gasteiger partial charge in [0.15, 0.2) is 5.60 Å². The molecule has 3 fully saturated rings. The van der Waals surface area contributed by atoms with Gasteiger partial charge in [0, 0.05) is 5.92 Å². The Morgan fingerprint density at radius 1 is 1.24 bits per heavy atom. The number of esters is 1. The zero-order chi connectivity index (χ0) is 18.8.